The summed E-state index contributed by atoms with van der Waals surface area (Å²) in [6, 6.07) is 4.14. The average molecular weight is 192 g/mol. The molecule has 0 atom stereocenters. The molecule has 0 aliphatic carbocycles. The summed E-state index contributed by atoms with van der Waals surface area (Å²) in [7, 11) is 0. The standard InChI is InChI=1S/C12H20N2/c1-12(2,3)7-6-11-5-4-10(8-13)9-14-11/h4-5,9H,6-8,13H2,1-3H3. The van der Waals surface area contributed by atoms with E-state index < -0.39 is 0 Å². The van der Waals surface area contributed by atoms with Gasteiger partial charge in [-0.05, 0) is 29.9 Å². The molecule has 0 aromatic carbocycles. The fraction of sp³-hybridized carbons (Fsp3) is 0.583. The van der Waals surface area contributed by atoms with Crippen molar-refractivity contribution in [2.75, 3.05) is 0 Å². The Hall–Kier alpha value is -0.890. The van der Waals surface area contributed by atoms with Crippen molar-refractivity contribution >= 4 is 0 Å². The summed E-state index contributed by atoms with van der Waals surface area (Å²) in [6.07, 6.45) is 4.09. The zero-order valence-corrected chi connectivity index (χ0v) is 9.38. The number of nitrogens with zero attached hydrogens (tertiary/aromatic N) is 1. The second-order valence-corrected chi connectivity index (χ2v) is 4.92. The van der Waals surface area contributed by atoms with Crippen molar-refractivity contribution in [3.05, 3.63) is 29.6 Å². The number of nitrogens with two attached hydrogens (primary N) is 1. The Morgan fingerprint density at radius 3 is 2.43 bits per heavy atom. The third-order valence-electron chi connectivity index (χ3n) is 2.25. The molecule has 1 aromatic rings. The van der Waals surface area contributed by atoms with Gasteiger partial charge in [-0.1, -0.05) is 26.8 Å². The van der Waals surface area contributed by atoms with Crippen molar-refractivity contribution in [1.29, 1.82) is 0 Å². The first-order valence-corrected chi connectivity index (χ1v) is 5.15. The second kappa shape index (κ2) is 4.56. The fourth-order valence-corrected chi connectivity index (χ4v) is 1.23. The van der Waals surface area contributed by atoms with Gasteiger partial charge in [0, 0.05) is 18.4 Å². The van der Waals surface area contributed by atoms with Crippen LogP contribution in [0.1, 0.15) is 38.4 Å². The second-order valence-electron chi connectivity index (χ2n) is 4.92. The van der Waals surface area contributed by atoms with E-state index in [0.717, 1.165) is 17.7 Å². The molecule has 1 heterocycles. The van der Waals surface area contributed by atoms with E-state index in [-0.39, 0.29) is 0 Å². The maximum Gasteiger partial charge on any atom is 0.0404 e. The summed E-state index contributed by atoms with van der Waals surface area (Å²) in [5, 5.41) is 0. The van der Waals surface area contributed by atoms with Gasteiger partial charge < -0.3 is 5.73 Å². The number of rotatable bonds is 3. The molecular weight excluding hydrogens is 172 g/mol. The van der Waals surface area contributed by atoms with Gasteiger partial charge in [0.05, 0.1) is 0 Å². The number of aryl methyl sites for hydroxylation is 1. The lowest BCUT2D eigenvalue weighted by molar-refractivity contribution is 0.376. The molecule has 0 aliphatic heterocycles. The number of pyridine rings is 1. The van der Waals surface area contributed by atoms with Crippen LogP contribution in [0.25, 0.3) is 0 Å². The number of aromatic nitrogens is 1. The largest absolute Gasteiger partial charge is 0.326 e. The van der Waals surface area contributed by atoms with E-state index in [1.54, 1.807) is 0 Å². The third kappa shape index (κ3) is 3.88. The van der Waals surface area contributed by atoms with Gasteiger partial charge >= 0.3 is 0 Å². The molecule has 0 fully saturated rings. The zero-order valence-electron chi connectivity index (χ0n) is 9.38. The zero-order chi connectivity index (χ0) is 10.6. The first-order chi connectivity index (χ1) is 6.51. The Labute approximate surface area is 86.5 Å². The van der Waals surface area contributed by atoms with Gasteiger partial charge in [0.2, 0.25) is 0 Å². The first kappa shape index (κ1) is 11.2. The van der Waals surface area contributed by atoms with Crippen LogP contribution in [0.15, 0.2) is 18.3 Å². The monoisotopic (exact) mass is 192 g/mol. The van der Waals surface area contributed by atoms with Gasteiger partial charge in [-0.25, -0.2) is 0 Å². The molecule has 1 aromatic heterocycles. The predicted octanol–water partition coefficient (Wildman–Crippen LogP) is 2.52. The fourth-order valence-electron chi connectivity index (χ4n) is 1.23. The van der Waals surface area contributed by atoms with Crippen LogP contribution >= 0.6 is 0 Å². The molecule has 0 aliphatic rings. The lowest BCUT2D eigenvalue weighted by Crippen LogP contribution is -2.07. The number of hydrogen-bond donors (Lipinski definition) is 1. The highest BCUT2D eigenvalue weighted by atomic mass is 14.7. The van der Waals surface area contributed by atoms with Crippen molar-refractivity contribution < 1.29 is 0 Å². The Bertz CT molecular complexity index is 269. The molecule has 14 heavy (non-hydrogen) atoms. The minimum absolute atomic E-state index is 0.383. The van der Waals surface area contributed by atoms with Gasteiger partial charge in [-0.2, -0.15) is 0 Å². The average Bonchev–Trinajstić information content (AvgIpc) is 2.14. The first-order valence-electron chi connectivity index (χ1n) is 5.15. The third-order valence-corrected chi connectivity index (χ3v) is 2.25. The van der Waals surface area contributed by atoms with Gasteiger partial charge in [-0.3, -0.25) is 4.98 Å². The SMILES string of the molecule is CC(C)(C)CCc1ccc(CN)cn1. The topological polar surface area (TPSA) is 38.9 Å². The predicted molar refractivity (Wildman–Crippen MR) is 59.9 cm³/mol. The molecular formula is C12H20N2. The molecule has 0 saturated heterocycles. The van der Waals surface area contributed by atoms with Gasteiger partial charge in [0.25, 0.3) is 0 Å². The van der Waals surface area contributed by atoms with Crippen molar-refractivity contribution in [3.63, 3.8) is 0 Å². The van der Waals surface area contributed by atoms with E-state index in [4.69, 9.17) is 5.73 Å². The van der Waals surface area contributed by atoms with Crippen LogP contribution in [0.3, 0.4) is 0 Å². The van der Waals surface area contributed by atoms with Crippen molar-refractivity contribution in [2.45, 2.75) is 40.2 Å². The van der Waals surface area contributed by atoms with Crippen LogP contribution in [0, 0.1) is 5.41 Å². The van der Waals surface area contributed by atoms with E-state index in [9.17, 15) is 0 Å². The van der Waals surface area contributed by atoms with E-state index in [1.807, 2.05) is 6.20 Å². The number of hydrogen-bond acceptors (Lipinski definition) is 2. The Morgan fingerprint density at radius 1 is 1.29 bits per heavy atom. The highest BCUT2D eigenvalue weighted by molar-refractivity contribution is 5.13. The van der Waals surface area contributed by atoms with Crippen LogP contribution in [0.5, 0.6) is 0 Å². The summed E-state index contributed by atoms with van der Waals surface area (Å²) >= 11 is 0. The molecule has 78 valence electrons. The summed E-state index contributed by atoms with van der Waals surface area (Å²) < 4.78 is 0. The lowest BCUT2D eigenvalue weighted by atomic mass is 9.90. The Morgan fingerprint density at radius 2 is 2.00 bits per heavy atom. The highest BCUT2D eigenvalue weighted by Gasteiger charge is 2.10. The molecule has 2 N–H and O–H groups in total. The van der Waals surface area contributed by atoms with Gasteiger partial charge in [-0.15, -0.1) is 0 Å². The van der Waals surface area contributed by atoms with Crippen LogP contribution < -0.4 is 5.73 Å². The lowest BCUT2D eigenvalue weighted by Gasteiger charge is -2.17. The Kier molecular flexibility index (Phi) is 3.64. The van der Waals surface area contributed by atoms with Crippen LogP contribution in [0.4, 0.5) is 0 Å². The van der Waals surface area contributed by atoms with Gasteiger partial charge in [0.15, 0.2) is 0 Å². The summed E-state index contributed by atoms with van der Waals surface area (Å²) in [6.45, 7) is 7.33. The highest BCUT2D eigenvalue weighted by Crippen LogP contribution is 2.20. The van der Waals surface area contributed by atoms with Crippen LogP contribution in [0.2, 0.25) is 0 Å². The minimum Gasteiger partial charge on any atom is -0.326 e. The molecule has 2 nitrogen and oxygen atoms in total. The maximum absolute atomic E-state index is 5.50. The smallest absolute Gasteiger partial charge is 0.0404 e. The van der Waals surface area contributed by atoms with Crippen molar-refractivity contribution in [3.8, 4) is 0 Å². The van der Waals surface area contributed by atoms with Gasteiger partial charge in [0.1, 0.15) is 0 Å². The van der Waals surface area contributed by atoms with Crippen molar-refractivity contribution in [1.82, 2.24) is 4.98 Å². The molecule has 0 unspecified atom stereocenters. The Balaban J connectivity index is 2.52. The summed E-state index contributed by atoms with van der Waals surface area (Å²) in [5.41, 5.74) is 8.15. The molecule has 0 spiro atoms. The normalized spacial score (nSPS) is 11.7. The molecule has 0 amide bonds. The minimum atomic E-state index is 0.383. The van der Waals surface area contributed by atoms with Crippen LogP contribution in [-0.2, 0) is 13.0 Å². The summed E-state index contributed by atoms with van der Waals surface area (Å²) in [4.78, 5) is 4.37. The van der Waals surface area contributed by atoms with E-state index in [0.29, 0.717) is 12.0 Å². The molecule has 1 rings (SSSR count). The van der Waals surface area contributed by atoms with Crippen molar-refractivity contribution in [2.24, 2.45) is 11.1 Å². The molecule has 0 bridgehead atoms. The molecule has 0 saturated carbocycles. The maximum atomic E-state index is 5.50. The van der Waals surface area contributed by atoms with Crippen LogP contribution in [-0.4, -0.2) is 4.98 Å². The quantitative estimate of drug-likeness (QED) is 0.799. The van der Waals surface area contributed by atoms with E-state index in [1.165, 1.54) is 6.42 Å². The van der Waals surface area contributed by atoms with E-state index >= 15 is 0 Å². The molecule has 2 heteroatoms. The molecule has 0 radical (unpaired) electrons. The van der Waals surface area contributed by atoms with E-state index in [2.05, 4.69) is 37.9 Å². The summed E-state index contributed by atoms with van der Waals surface area (Å²) in [5.74, 6) is 0.